The number of aromatic nitrogens is 1. The minimum absolute atomic E-state index is 0.0594. The number of fused-ring (bicyclic) bond motifs is 2. The molecule has 0 spiro atoms. The molecule has 0 aromatic carbocycles. The van der Waals surface area contributed by atoms with Crippen LogP contribution in [-0.2, 0) is 9.53 Å². The molecular weight excluding hydrogens is 300 g/mol. The van der Waals surface area contributed by atoms with Crippen molar-refractivity contribution < 1.29 is 14.3 Å². The summed E-state index contributed by atoms with van der Waals surface area (Å²) in [7, 11) is 1.43. The SMILES string of the molecule is COC(=O)[C@H]1[C@H]2CC[C@@H](C2)[C@@H]1NC(=O)c1scnc1C1CC1. The molecule has 4 rings (SSSR count). The summed E-state index contributed by atoms with van der Waals surface area (Å²) >= 11 is 1.41. The first-order chi connectivity index (χ1) is 10.7. The lowest BCUT2D eigenvalue weighted by molar-refractivity contribution is -0.148. The Morgan fingerprint density at radius 3 is 2.77 bits per heavy atom. The number of carbonyl (C=O) groups excluding carboxylic acids is 2. The van der Waals surface area contributed by atoms with Crippen molar-refractivity contribution in [2.45, 2.75) is 44.1 Å². The van der Waals surface area contributed by atoms with Crippen LogP contribution in [0.3, 0.4) is 0 Å². The van der Waals surface area contributed by atoms with Crippen LogP contribution >= 0.6 is 11.3 Å². The first-order valence-corrected chi connectivity index (χ1v) is 8.89. The highest BCUT2D eigenvalue weighted by Gasteiger charge is 2.52. The van der Waals surface area contributed by atoms with Gasteiger partial charge in [0.25, 0.3) is 5.91 Å². The lowest BCUT2D eigenvalue weighted by atomic mass is 9.84. The standard InChI is InChI=1S/C16H20N2O3S/c1-21-16(20)11-9-4-5-10(6-9)12(11)18-15(19)14-13(8-2-3-8)17-7-22-14/h7-12H,2-6H2,1H3,(H,18,19)/t9-,10-,11-,12-/m0/s1. The number of rotatable bonds is 4. The van der Waals surface area contributed by atoms with Crippen LogP contribution in [0.1, 0.15) is 53.4 Å². The van der Waals surface area contributed by atoms with Gasteiger partial charge in [-0.15, -0.1) is 11.3 Å². The van der Waals surface area contributed by atoms with E-state index in [1.165, 1.54) is 18.4 Å². The Kier molecular flexibility index (Phi) is 3.44. The van der Waals surface area contributed by atoms with Crippen molar-refractivity contribution in [3.63, 3.8) is 0 Å². The quantitative estimate of drug-likeness (QED) is 0.865. The maximum Gasteiger partial charge on any atom is 0.311 e. The molecule has 1 aromatic rings. The van der Waals surface area contributed by atoms with E-state index in [1.54, 1.807) is 5.51 Å². The topological polar surface area (TPSA) is 68.3 Å². The van der Waals surface area contributed by atoms with E-state index < -0.39 is 0 Å². The number of nitrogens with zero attached hydrogens (tertiary/aromatic N) is 1. The fourth-order valence-corrected chi connectivity index (χ4v) is 5.04. The van der Waals surface area contributed by atoms with Crippen LogP contribution in [-0.4, -0.2) is 30.0 Å². The molecule has 3 aliphatic carbocycles. The molecule has 118 valence electrons. The summed E-state index contributed by atoms with van der Waals surface area (Å²) in [6.07, 6.45) is 5.46. The Balaban J connectivity index is 1.53. The number of hydrogen-bond donors (Lipinski definition) is 1. The minimum atomic E-state index is -0.177. The highest BCUT2D eigenvalue weighted by molar-refractivity contribution is 7.11. The van der Waals surface area contributed by atoms with Crippen molar-refractivity contribution in [3.8, 4) is 0 Å². The summed E-state index contributed by atoms with van der Waals surface area (Å²) < 4.78 is 4.96. The molecule has 1 amide bonds. The van der Waals surface area contributed by atoms with Crippen LogP contribution in [0.15, 0.2) is 5.51 Å². The Morgan fingerprint density at radius 1 is 1.27 bits per heavy atom. The average molecular weight is 320 g/mol. The molecule has 0 aliphatic heterocycles. The number of methoxy groups -OCH3 is 1. The van der Waals surface area contributed by atoms with Crippen molar-refractivity contribution in [2.75, 3.05) is 7.11 Å². The van der Waals surface area contributed by atoms with E-state index in [4.69, 9.17) is 4.74 Å². The summed E-state index contributed by atoms with van der Waals surface area (Å²) in [5.41, 5.74) is 2.70. The van der Waals surface area contributed by atoms with Crippen LogP contribution in [0.4, 0.5) is 0 Å². The van der Waals surface area contributed by atoms with E-state index in [9.17, 15) is 9.59 Å². The largest absolute Gasteiger partial charge is 0.469 e. The molecule has 6 heteroatoms. The zero-order chi connectivity index (χ0) is 15.3. The smallest absolute Gasteiger partial charge is 0.311 e. The number of ether oxygens (including phenoxy) is 1. The first kappa shape index (κ1) is 14.2. The van der Waals surface area contributed by atoms with Gasteiger partial charge in [-0.25, -0.2) is 4.98 Å². The summed E-state index contributed by atoms with van der Waals surface area (Å²) in [6, 6.07) is -0.0761. The van der Waals surface area contributed by atoms with Gasteiger partial charge in [0, 0.05) is 12.0 Å². The Hall–Kier alpha value is -1.43. The molecule has 1 N–H and O–H groups in total. The third kappa shape index (κ3) is 2.24. The van der Waals surface area contributed by atoms with E-state index in [2.05, 4.69) is 10.3 Å². The predicted molar refractivity (Wildman–Crippen MR) is 81.7 cm³/mol. The lowest BCUT2D eigenvalue weighted by Crippen LogP contribution is -2.47. The fraction of sp³-hybridized carbons (Fsp3) is 0.688. The average Bonchev–Trinajstić information content (AvgIpc) is 2.97. The van der Waals surface area contributed by atoms with Crippen LogP contribution in [0.2, 0.25) is 0 Å². The van der Waals surface area contributed by atoms with Gasteiger partial charge in [-0.05, 0) is 43.9 Å². The van der Waals surface area contributed by atoms with Crippen LogP contribution in [0, 0.1) is 17.8 Å². The number of amides is 1. The molecule has 1 heterocycles. The van der Waals surface area contributed by atoms with E-state index in [-0.39, 0.29) is 23.8 Å². The van der Waals surface area contributed by atoms with E-state index in [0.29, 0.717) is 17.8 Å². The molecule has 3 aliphatic rings. The number of nitrogens with one attached hydrogen (secondary N) is 1. The van der Waals surface area contributed by atoms with Gasteiger partial charge in [0.1, 0.15) is 4.88 Å². The summed E-state index contributed by atoms with van der Waals surface area (Å²) in [5, 5.41) is 3.13. The Morgan fingerprint density at radius 2 is 2.05 bits per heavy atom. The number of carbonyl (C=O) groups is 2. The van der Waals surface area contributed by atoms with Crippen molar-refractivity contribution in [2.24, 2.45) is 17.8 Å². The molecule has 5 nitrogen and oxygen atoms in total. The van der Waals surface area contributed by atoms with Gasteiger partial charge in [0.15, 0.2) is 0 Å². The third-order valence-corrected chi connectivity index (χ3v) is 6.29. The molecule has 3 fully saturated rings. The molecule has 2 bridgehead atoms. The van der Waals surface area contributed by atoms with Crippen molar-refractivity contribution in [3.05, 3.63) is 16.1 Å². The van der Waals surface area contributed by atoms with Gasteiger partial charge in [-0.3, -0.25) is 9.59 Å². The minimum Gasteiger partial charge on any atom is -0.469 e. The van der Waals surface area contributed by atoms with Crippen LogP contribution in [0.5, 0.6) is 0 Å². The molecule has 0 radical (unpaired) electrons. The molecule has 0 unspecified atom stereocenters. The molecule has 4 atom stereocenters. The second-order valence-corrected chi connectivity index (χ2v) is 7.58. The zero-order valence-corrected chi connectivity index (χ0v) is 13.4. The summed E-state index contributed by atoms with van der Waals surface area (Å²) in [5.74, 6) is 0.830. The molecular formula is C16H20N2O3S. The van der Waals surface area contributed by atoms with E-state index >= 15 is 0 Å². The molecule has 1 aromatic heterocycles. The van der Waals surface area contributed by atoms with Gasteiger partial charge in [0.05, 0.1) is 24.2 Å². The highest BCUT2D eigenvalue weighted by Crippen LogP contribution is 2.49. The van der Waals surface area contributed by atoms with Gasteiger partial charge in [0.2, 0.25) is 0 Å². The second kappa shape index (κ2) is 5.33. The highest BCUT2D eigenvalue weighted by atomic mass is 32.1. The van der Waals surface area contributed by atoms with Crippen molar-refractivity contribution in [1.29, 1.82) is 0 Å². The Bertz CT molecular complexity index is 610. The van der Waals surface area contributed by atoms with E-state index in [1.807, 2.05) is 0 Å². The zero-order valence-electron chi connectivity index (χ0n) is 12.6. The fourth-order valence-electron chi connectivity index (χ4n) is 4.26. The second-order valence-electron chi connectivity index (χ2n) is 6.72. The third-order valence-electron chi connectivity index (χ3n) is 5.45. The number of thiazole rings is 1. The van der Waals surface area contributed by atoms with Crippen molar-refractivity contribution >= 4 is 23.2 Å². The Labute approximate surface area is 133 Å². The lowest BCUT2D eigenvalue weighted by Gasteiger charge is -2.29. The van der Waals surface area contributed by atoms with Crippen molar-refractivity contribution in [1.82, 2.24) is 10.3 Å². The van der Waals surface area contributed by atoms with Crippen LogP contribution in [0.25, 0.3) is 0 Å². The van der Waals surface area contributed by atoms with Gasteiger partial charge < -0.3 is 10.1 Å². The van der Waals surface area contributed by atoms with Crippen LogP contribution < -0.4 is 5.32 Å². The monoisotopic (exact) mass is 320 g/mol. The maximum atomic E-state index is 12.7. The summed E-state index contributed by atoms with van der Waals surface area (Å²) in [6.45, 7) is 0. The maximum absolute atomic E-state index is 12.7. The number of hydrogen-bond acceptors (Lipinski definition) is 5. The van der Waals surface area contributed by atoms with Gasteiger partial charge in [-0.1, -0.05) is 0 Å². The predicted octanol–water partition coefficient (Wildman–Crippen LogP) is 2.34. The number of esters is 1. The molecule has 0 saturated heterocycles. The molecule has 22 heavy (non-hydrogen) atoms. The van der Waals surface area contributed by atoms with Gasteiger partial charge >= 0.3 is 5.97 Å². The first-order valence-electron chi connectivity index (χ1n) is 8.01. The molecule has 3 saturated carbocycles. The summed E-state index contributed by atoms with van der Waals surface area (Å²) in [4.78, 5) is 29.8. The van der Waals surface area contributed by atoms with E-state index in [0.717, 1.165) is 42.7 Å². The van der Waals surface area contributed by atoms with Gasteiger partial charge in [-0.2, -0.15) is 0 Å². The normalized spacial score (nSPS) is 33.0.